The first-order valence-electron chi connectivity index (χ1n) is 6.10. The number of rotatable bonds is 3. The number of hydrogen-bond acceptors (Lipinski definition) is 5. The summed E-state index contributed by atoms with van der Waals surface area (Å²) in [7, 11) is 0. The highest BCUT2D eigenvalue weighted by molar-refractivity contribution is 6.30. The van der Waals surface area contributed by atoms with Crippen LogP contribution in [0.2, 0.25) is 5.02 Å². The van der Waals surface area contributed by atoms with Gasteiger partial charge in [-0.15, -0.1) is 0 Å². The van der Waals surface area contributed by atoms with Gasteiger partial charge < -0.3 is 10.2 Å². The number of non-ortho nitro benzene ring substituents is 1. The van der Waals surface area contributed by atoms with Crippen LogP contribution in [0.1, 0.15) is 10.4 Å². The fourth-order valence-electron chi connectivity index (χ4n) is 2.05. The molecule has 3 aromatic rings. The third-order valence-corrected chi connectivity index (χ3v) is 3.26. The zero-order valence-corrected chi connectivity index (χ0v) is 11.7. The van der Waals surface area contributed by atoms with Gasteiger partial charge in [0, 0.05) is 22.7 Å². The van der Waals surface area contributed by atoms with Crippen molar-refractivity contribution in [2.45, 2.75) is 0 Å². The van der Waals surface area contributed by atoms with Crippen molar-refractivity contribution in [3.05, 3.63) is 57.1 Å². The summed E-state index contributed by atoms with van der Waals surface area (Å²) >= 11 is 5.91. The van der Waals surface area contributed by atoms with Crippen molar-refractivity contribution in [1.29, 1.82) is 0 Å². The SMILES string of the molecule is NC(=O)c1cc([N+](=O)[O-])cc2nc(-c3cccc(Cl)c3)oc12. The minimum Gasteiger partial charge on any atom is -0.435 e. The fourth-order valence-corrected chi connectivity index (χ4v) is 2.24. The van der Waals surface area contributed by atoms with E-state index in [1.807, 2.05) is 0 Å². The Kier molecular flexibility index (Phi) is 3.26. The van der Waals surface area contributed by atoms with Crippen LogP contribution in [0.15, 0.2) is 40.8 Å². The van der Waals surface area contributed by atoms with Crippen LogP contribution in [0.25, 0.3) is 22.6 Å². The Hall–Kier alpha value is -2.93. The third-order valence-electron chi connectivity index (χ3n) is 3.02. The fraction of sp³-hybridized carbons (Fsp3) is 0. The van der Waals surface area contributed by atoms with E-state index >= 15 is 0 Å². The van der Waals surface area contributed by atoms with Gasteiger partial charge in [-0.1, -0.05) is 17.7 Å². The number of benzene rings is 2. The van der Waals surface area contributed by atoms with E-state index in [4.69, 9.17) is 21.8 Å². The number of carbonyl (C=O) groups excluding carboxylic acids is 1. The van der Waals surface area contributed by atoms with Gasteiger partial charge in [0.2, 0.25) is 5.89 Å². The van der Waals surface area contributed by atoms with Crippen molar-refractivity contribution in [2.24, 2.45) is 5.73 Å². The molecule has 0 unspecified atom stereocenters. The molecule has 1 aromatic heterocycles. The molecule has 0 radical (unpaired) electrons. The van der Waals surface area contributed by atoms with Gasteiger partial charge in [0.25, 0.3) is 11.6 Å². The molecule has 2 N–H and O–H groups in total. The van der Waals surface area contributed by atoms with E-state index in [0.29, 0.717) is 10.6 Å². The number of amides is 1. The average molecular weight is 318 g/mol. The van der Waals surface area contributed by atoms with Crippen LogP contribution in [0.3, 0.4) is 0 Å². The van der Waals surface area contributed by atoms with Crippen molar-refractivity contribution in [2.75, 3.05) is 0 Å². The third kappa shape index (κ3) is 2.38. The van der Waals surface area contributed by atoms with Crippen molar-refractivity contribution >= 4 is 34.3 Å². The molecule has 2 aromatic carbocycles. The highest BCUT2D eigenvalue weighted by Gasteiger charge is 2.20. The zero-order valence-electron chi connectivity index (χ0n) is 10.9. The molecule has 110 valence electrons. The number of carbonyl (C=O) groups is 1. The molecule has 0 spiro atoms. The Morgan fingerprint density at radius 3 is 2.73 bits per heavy atom. The molecule has 0 fully saturated rings. The smallest absolute Gasteiger partial charge is 0.272 e. The topological polar surface area (TPSA) is 112 Å². The van der Waals surface area contributed by atoms with Crippen LogP contribution in [-0.4, -0.2) is 15.8 Å². The van der Waals surface area contributed by atoms with E-state index < -0.39 is 10.8 Å². The summed E-state index contributed by atoms with van der Waals surface area (Å²) in [6.45, 7) is 0. The van der Waals surface area contributed by atoms with Crippen LogP contribution in [0.4, 0.5) is 5.69 Å². The number of nitrogens with zero attached hydrogens (tertiary/aromatic N) is 2. The van der Waals surface area contributed by atoms with E-state index in [9.17, 15) is 14.9 Å². The average Bonchev–Trinajstić information content (AvgIpc) is 2.89. The highest BCUT2D eigenvalue weighted by Crippen LogP contribution is 2.30. The minimum absolute atomic E-state index is 0.0926. The molecule has 0 saturated carbocycles. The van der Waals surface area contributed by atoms with Crippen molar-refractivity contribution < 1.29 is 14.1 Å². The van der Waals surface area contributed by atoms with Crippen molar-refractivity contribution in [3.63, 3.8) is 0 Å². The van der Waals surface area contributed by atoms with Gasteiger partial charge in [0.05, 0.1) is 10.5 Å². The van der Waals surface area contributed by atoms with E-state index in [1.165, 1.54) is 6.07 Å². The molecule has 0 saturated heterocycles. The second-order valence-corrected chi connectivity index (χ2v) is 4.93. The van der Waals surface area contributed by atoms with Crippen LogP contribution < -0.4 is 5.73 Å². The summed E-state index contributed by atoms with van der Waals surface area (Å²) in [6, 6.07) is 9.04. The first kappa shape index (κ1) is 14.0. The first-order chi connectivity index (χ1) is 10.5. The van der Waals surface area contributed by atoms with Crippen LogP contribution in [0, 0.1) is 10.1 Å². The predicted molar refractivity (Wildman–Crippen MR) is 79.6 cm³/mol. The van der Waals surface area contributed by atoms with Gasteiger partial charge in [0.1, 0.15) is 5.52 Å². The molecule has 0 aliphatic heterocycles. The molecule has 0 atom stereocenters. The molecule has 3 rings (SSSR count). The van der Waals surface area contributed by atoms with E-state index in [-0.39, 0.29) is 28.2 Å². The summed E-state index contributed by atoms with van der Waals surface area (Å²) in [5, 5.41) is 11.4. The van der Waals surface area contributed by atoms with Crippen molar-refractivity contribution in [3.8, 4) is 11.5 Å². The molecule has 0 bridgehead atoms. The second kappa shape index (κ2) is 5.12. The van der Waals surface area contributed by atoms with Gasteiger partial charge in [-0.05, 0) is 18.2 Å². The Morgan fingerprint density at radius 1 is 1.32 bits per heavy atom. The number of nitro benzene ring substituents is 1. The maximum absolute atomic E-state index is 11.5. The number of hydrogen-bond donors (Lipinski definition) is 1. The Bertz CT molecular complexity index is 920. The number of halogens is 1. The van der Waals surface area contributed by atoms with Gasteiger partial charge in [-0.25, -0.2) is 4.98 Å². The molecular formula is C14H8ClN3O4. The van der Waals surface area contributed by atoms with E-state index in [2.05, 4.69) is 4.98 Å². The van der Waals surface area contributed by atoms with Crippen LogP contribution in [-0.2, 0) is 0 Å². The summed E-state index contributed by atoms with van der Waals surface area (Å²) in [6.07, 6.45) is 0. The molecule has 1 amide bonds. The lowest BCUT2D eigenvalue weighted by Gasteiger charge is -1.97. The number of nitro groups is 1. The Balaban J connectivity index is 2.26. The molecular weight excluding hydrogens is 310 g/mol. The van der Waals surface area contributed by atoms with Crippen molar-refractivity contribution in [1.82, 2.24) is 4.98 Å². The molecule has 0 aliphatic carbocycles. The highest BCUT2D eigenvalue weighted by atomic mass is 35.5. The maximum atomic E-state index is 11.5. The number of aromatic nitrogens is 1. The molecule has 22 heavy (non-hydrogen) atoms. The van der Waals surface area contributed by atoms with E-state index in [0.717, 1.165) is 6.07 Å². The van der Waals surface area contributed by atoms with E-state index in [1.54, 1.807) is 24.3 Å². The van der Waals surface area contributed by atoms with Gasteiger partial charge >= 0.3 is 0 Å². The van der Waals surface area contributed by atoms with Gasteiger partial charge in [-0.2, -0.15) is 0 Å². The van der Waals surface area contributed by atoms with Crippen LogP contribution >= 0.6 is 11.6 Å². The summed E-state index contributed by atoms with van der Waals surface area (Å²) < 4.78 is 5.54. The minimum atomic E-state index is -0.831. The maximum Gasteiger partial charge on any atom is 0.272 e. The lowest BCUT2D eigenvalue weighted by molar-refractivity contribution is -0.384. The second-order valence-electron chi connectivity index (χ2n) is 4.49. The number of oxazole rings is 1. The quantitative estimate of drug-likeness (QED) is 0.589. The van der Waals surface area contributed by atoms with Crippen LogP contribution in [0.5, 0.6) is 0 Å². The van der Waals surface area contributed by atoms with Gasteiger partial charge in [-0.3, -0.25) is 14.9 Å². The standard InChI is InChI=1S/C14H8ClN3O4/c15-8-3-1-2-7(4-8)14-17-11-6-9(18(20)21)5-10(13(16)19)12(11)22-14/h1-6H,(H2,16,19). The lowest BCUT2D eigenvalue weighted by Crippen LogP contribution is -2.11. The molecule has 8 heteroatoms. The Labute approximate surface area is 128 Å². The molecule has 0 aliphatic rings. The summed E-state index contributed by atoms with van der Waals surface area (Å²) in [4.78, 5) is 25.9. The monoisotopic (exact) mass is 317 g/mol. The molecule has 1 heterocycles. The largest absolute Gasteiger partial charge is 0.435 e. The number of nitrogens with two attached hydrogens (primary N) is 1. The summed E-state index contributed by atoms with van der Waals surface area (Å²) in [5.74, 6) is -0.636. The summed E-state index contributed by atoms with van der Waals surface area (Å²) in [5.41, 5.74) is 5.74. The normalized spacial score (nSPS) is 10.8. The first-order valence-corrected chi connectivity index (χ1v) is 6.48. The van der Waals surface area contributed by atoms with Gasteiger partial charge in [0.15, 0.2) is 5.58 Å². The zero-order chi connectivity index (χ0) is 15.9. The number of primary amides is 1. The lowest BCUT2D eigenvalue weighted by atomic mass is 10.1. The molecule has 7 nitrogen and oxygen atoms in total. The predicted octanol–water partition coefficient (Wildman–Crippen LogP) is 3.16. The Morgan fingerprint density at radius 2 is 2.09 bits per heavy atom. The number of fused-ring (bicyclic) bond motifs is 1.